The molecule has 0 spiro atoms. The summed E-state index contributed by atoms with van der Waals surface area (Å²) in [6.45, 7) is 5.52. The molecule has 108 valence electrons. The van der Waals surface area contributed by atoms with Crippen molar-refractivity contribution in [2.45, 2.75) is 25.3 Å². The lowest BCUT2D eigenvalue weighted by molar-refractivity contribution is -0.141. The Balaban J connectivity index is 2.15. The van der Waals surface area contributed by atoms with Crippen molar-refractivity contribution >= 4 is 35.5 Å². The average molecular weight is 304 g/mol. The molecule has 0 aromatic heterocycles. The van der Waals surface area contributed by atoms with E-state index in [-0.39, 0.29) is 17.3 Å². The Hall–Kier alpha value is -0.560. The number of hydrogen-bond acceptors (Lipinski definition) is 4. The highest BCUT2D eigenvalue weighted by atomic mass is 32.2. The van der Waals surface area contributed by atoms with Crippen LogP contribution in [0.2, 0.25) is 0 Å². The summed E-state index contributed by atoms with van der Waals surface area (Å²) in [5, 5.41) is 9.28. The number of carboxylic acids is 1. The number of carbonyl (C=O) groups is 2. The van der Waals surface area contributed by atoms with E-state index >= 15 is 0 Å². The molecule has 0 aromatic rings. The van der Waals surface area contributed by atoms with E-state index < -0.39 is 12.0 Å². The minimum atomic E-state index is -0.893. The van der Waals surface area contributed by atoms with Crippen LogP contribution in [0.4, 0.5) is 4.79 Å². The topological polar surface area (TPSA) is 60.9 Å². The van der Waals surface area contributed by atoms with Gasteiger partial charge in [-0.3, -0.25) is 4.90 Å². The predicted octanol–water partition coefficient (Wildman–Crippen LogP) is 1.64. The Kier molecular flexibility index (Phi) is 4.89. The summed E-state index contributed by atoms with van der Waals surface area (Å²) in [7, 11) is 0. The number of amides is 2. The largest absolute Gasteiger partial charge is 0.480 e. The van der Waals surface area contributed by atoms with Crippen LogP contribution in [0.3, 0.4) is 0 Å². The van der Waals surface area contributed by atoms with Crippen molar-refractivity contribution in [3.8, 4) is 0 Å². The Bertz CT molecular complexity index is 359. The van der Waals surface area contributed by atoms with Crippen LogP contribution in [-0.4, -0.2) is 68.7 Å². The molecule has 0 aliphatic carbocycles. The fourth-order valence-corrected chi connectivity index (χ4v) is 4.76. The lowest BCUT2D eigenvalue weighted by Crippen LogP contribution is -2.54. The molecule has 19 heavy (non-hydrogen) atoms. The fourth-order valence-electron chi connectivity index (χ4n) is 2.39. The number of thioether (sulfide) groups is 2. The van der Waals surface area contributed by atoms with E-state index in [0.29, 0.717) is 5.75 Å². The first-order valence-electron chi connectivity index (χ1n) is 6.51. The number of rotatable bonds is 2. The number of aliphatic carboxylic acids is 1. The minimum Gasteiger partial charge on any atom is -0.480 e. The molecule has 2 rings (SSSR count). The van der Waals surface area contributed by atoms with Crippen LogP contribution in [0, 0.1) is 5.92 Å². The van der Waals surface area contributed by atoms with Crippen molar-refractivity contribution in [1.29, 1.82) is 0 Å². The first-order chi connectivity index (χ1) is 9.02. The summed E-state index contributed by atoms with van der Waals surface area (Å²) in [5.41, 5.74) is 0. The van der Waals surface area contributed by atoms with E-state index in [1.165, 1.54) is 0 Å². The second-order valence-corrected chi connectivity index (χ2v) is 7.49. The SMILES string of the molecule is CC(C)C1SCC(C(=O)O)N1C(=O)N1CCSCC1. The van der Waals surface area contributed by atoms with E-state index in [0.717, 1.165) is 24.6 Å². The van der Waals surface area contributed by atoms with Gasteiger partial charge in [-0.25, -0.2) is 9.59 Å². The molecular weight excluding hydrogens is 284 g/mol. The molecule has 5 nitrogen and oxygen atoms in total. The summed E-state index contributed by atoms with van der Waals surface area (Å²) in [4.78, 5) is 27.3. The first kappa shape index (κ1) is 14.8. The Morgan fingerprint density at radius 3 is 2.42 bits per heavy atom. The van der Waals surface area contributed by atoms with E-state index in [9.17, 15) is 14.7 Å². The molecule has 0 aromatic carbocycles. The van der Waals surface area contributed by atoms with Gasteiger partial charge in [-0.2, -0.15) is 11.8 Å². The predicted molar refractivity (Wildman–Crippen MR) is 78.6 cm³/mol. The lowest BCUT2D eigenvalue weighted by Gasteiger charge is -2.36. The van der Waals surface area contributed by atoms with Gasteiger partial charge in [-0.05, 0) is 5.92 Å². The molecule has 2 atom stereocenters. The third kappa shape index (κ3) is 3.13. The fraction of sp³-hybridized carbons (Fsp3) is 0.833. The maximum absolute atomic E-state index is 12.6. The molecular formula is C12H20N2O3S2. The van der Waals surface area contributed by atoms with E-state index in [2.05, 4.69) is 0 Å². The smallest absolute Gasteiger partial charge is 0.327 e. The van der Waals surface area contributed by atoms with Crippen molar-refractivity contribution in [2.75, 3.05) is 30.3 Å². The van der Waals surface area contributed by atoms with Crippen molar-refractivity contribution < 1.29 is 14.7 Å². The molecule has 2 saturated heterocycles. The van der Waals surface area contributed by atoms with Gasteiger partial charge in [0, 0.05) is 30.3 Å². The molecule has 2 unspecified atom stereocenters. The average Bonchev–Trinajstić information content (AvgIpc) is 2.83. The van der Waals surface area contributed by atoms with E-state index in [4.69, 9.17) is 0 Å². The second-order valence-electron chi connectivity index (χ2n) is 5.11. The highest BCUT2D eigenvalue weighted by Gasteiger charge is 2.44. The Morgan fingerprint density at radius 1 is 1.26 bits per heavy atom. The molecule has 2 amide bonds. The van der Waals surface area contributed by atoms with Crippen LogP contribution in [0.1, 0.15) is 13.8 Å². The third-order valence-electron chi connectivity index (χ3n) is 3.39. The van der Waals surface area contributed by atoms with Gasteiger partial charge in [0.1, 0.15) is 6.04 Å². The van der Waals surface area contributed by atoms with Gasteiger partial charge in [-0.15, -0.1) is 11.8 Å². The zero-order chi connectivity index (χ0) is 14.0. The maximum atomic E-state index is 12.6. The van der Waals surface area contributed by atoms with E-state index in [1.807, 2.05) is 25.6 Å². The zero-order valence-corrected chi connectivity index (χ0v) is 12.9. The summed E-state index contributed by atoms with van der Waals surface area (Å²) in [6.07, 6.45) is 0. The van der Waals surface area contributed by atoms with Crippen molar-refractivity contribution in [3.05, 3.63) is 0 Å². The Labute approximate surface area is 122 Å². The van der Waals surface area contributed by atoms with Gasteiger partial charge >= 0.3 is 12.0 Å². The molecule has 2 heterocycles. The molecule has 1 N–H and O–H groups in total. The molecule has 2 aliphatic rings. The zero-order valence-electron chi connectivity index (χ0n) is 11.2. The third-order valence-corrected chi connectivity index (χ3v) is 5.96. The van der Waals surface area contributed by atoms with Crippen molar-refractivity contribution in [2.24, 2.45) is 5.92 Å². The minimum absolute atomic E-state index is 0.0248. The number of carbonyl (C=O) groups excluding carboxylic acids is 1. The van der Waals surface area contributed by atoms with E-state index in [1.54, 1.807) is 21.6 Å². The number of urea groups is 1. The standard InChI is InChI=1S/C12H20N2O3S2/c1-8(2)10-14(9(7-19-10)11(15)16)12(17)13-3-5-18-6-4-13/h8-10H,3-7H2,1-2H3,(H,15,16). The molecule has 2 fully saturated rings. The van der Waals surface area contributed by atoms with Crippen LogP contribution in [0.15, 0.2) is 0 Å². The highest BCUT2D eigenvalue weighted by Crippen LogP contribution is 2.35. The van der Waals surface area contributed by atoms with Gasteiger partial charge in [0.25, 0.3) is 0 Å². The number of nitrogens with zero attached hydrogens (tertiary/aromatic N) is 2. The quantitative estimate of drug-likeness (QED) is 0.840. The van der Waals surface area contributed by atoms with Gasteiger partial charge in [-0.1, -0.05) is 13.8 Å². The van der Waals surface area contributed by atoms with Crippen LogP contribution in [0.25, 0.3) is 0 Å². The monoisotopic (exact) mass is 304 g/mol. The van der Waals surface area contributed by atoms with Crippen LogP contribution in [0.5, 0.6) is 0 Å². The normalized spacial score (nSPS) is 27.9. The molecule has 7 heteroatoms. The lowest BCUT2D eigenvalue weighted by atomic mass is 10.1. The van der Waals surface area contributed by atoms with Crippen LogP contribution < -0.4 is 0 Å². The van der Waals surface area contributed by atoms with Gasteiger partial charge in [0.2, 0.25) is 0 Å². The second kappa shape index (κ2) is 6.26. The summed E-state index contributed by atoms with van der Waals surface area (Å²) in [5.74, 6) is 1.74. The van der Waals surface area contributed by atoms with Gasteiger partial charge in [0.15, 0.2) is 0 Å². The summed E-state index contributed by atoms with van der Waals surface area (Å²) >= 11 is 3.42. The maximum Gasteiger partial charge on any atom is 0.327 e. The van der Waals surface area contributed by atoms with Crippen molar-refractivity contribution in [1.82, 2.24) is 9.80 Å². The van der Waals surface area contributed by atoms with Gasteiger partial charge < -0.3 is 10.0 Å². The van der Waals surface area contributed by atoms with Crippen molar-refractivity contribution in [3.63, 3.8) is 0 Å². The van der Waals surface area contributed by atoms with Crippen LogP contribution >= 0.6 is 23.5 Å². The molecule has 2 aliphatic heterocycles. The van der Waals surface area contributed by atoms with Crippen LogP contribution in [-0.2, 0) is 4.79 Å². The summed E-state index contributed by atoms with van der Waals surface area (Å²) in [6, 6.07) is -0.782. The first-order valence-corrected chi connectivity index (χ1v) is 8.72. The van der Waals surface area contributed by atoms with Gasteiger partial charge in [0.05, 0.1) is 5.37 Å². The molecule has 0 saturated carbocycles. The highest BCUT2D eigenvalue weighted by molar-refractivity contribution is 8.00. The molecule has 0 bridgehead atoms. The number of hydrogen-bond donors (Lipinski definition) is 1. The number of carboxylic acid groups (broad SMARTS) is 1. The summed E-state index contributed by atoms with van der Waals surface area (Å²) < 4.78 is 0. The molecule has 0 radical (unpaired) electrons. The Morgan fingerprint density at radius 2 is 1.89 bits per heavy atom.